The van der Waals surface area contributed by atoms with E-state index in [0.29, 0.717) is 12.5 Å². The first-order valence-electron chi connectivity index (χ1n) is 6.43. The van der Waals surface area contributed by atoms with Crippen LogP contribution < -0.4 is 10.1 Å². The molecule has 0 bridgehead atoms. The van der Waals surface area contributed by atoms with Crippen molar-refractivity contribution in [2.45, 2.75) is 19.4 Å². The van der Waals surface area contributed by atoms with Crippen LogP contribution in [0.15, 0.2) is 22.7 Å². The van der Waals surface area contributed by atoms with E-state index in [1.807, 2.05) is 23.1 Å². The molecule has 1 amide bonds. The molecule has 2 rings (SSSR count). The lowest BCUT2D eigenvalue weighted by atomic mass is 10.1. The second-order valence-electron chi connectivity index (χ2n) is 4.83. The number of benzene rings is 1. The van der Waals surface area contributed by atoms with Crippen LogP contribution >= 0.6 is 28.3 Å². The first-order valence-corrected chi connectivity index (χ1v) is 7.23. The number of hydrogen-bond acceptors (Lipinski definition) is 3. The average molecular weight is 364 g/mol. The van der Waals surface area contributed by atoms with Gasteiger partial charge in [0.15, 0.2) is 0 Å². The summed E-state index contributed by atoms with van der Waals surface area (Å²) in [5.41, 5.74) is 0.968. The Balaban J connectivity index is 0.00000200. The second-order valence-corrected chi connectivity index (χ2v) is 5.68. The van der Waals surface area contributed by atoms with Crippen LogP contribution in [0, 0.1) is 0 Å². The van der Waals surface area contributed by atoms with Crippen molar-refractivity contribution in [2.24, 2.45) is 0 Å². The van der Waals surface area contributed by atoms with Crippen molar-refractivity contribution in [3.05, 3.63) is 28.2 Å². The summed E-state index contributed by atoms with van der Waals surface area (Å²) in [5.74, 6) is 0.946. The summed E-state index contributed by atoms with van der Waals surface area (Å²) in [7, 11) is 1.63. The number of nitrogens with zero attached hydrogens (tertiary/aromatic N) is 1. The Morgan fingerprint density at radius 1 is 1.55 bits per heavy atom. The highest BCUT2D eigenvalue weighted by atomic mass is 79.9. The van der Waals surface area contributed by atoms with Crippen molar-refractivity contribution in [1.82, 2.24) is 10.2 Å². The van der Waals surface area contributed by atoms with E-state index < -0.39 is 0 Å². The Labute approximate surface area is 134 Å². The molecule has 1 fully saturated rings. The molecule has 4 nitrogen and oxygen atoms in total. The van der Waals surface area contributed by atoms with E-state index in [1.54, 1.807) is 7.11 Å². The zero-order valence-electron chi connectivity index (χ0n) is 11.7. The topological polar surface area (TPSA) is 41.6 Å². The number of carbonyl (C=O) groups excluding carboxylic acids is 1. The van der Waals surface area contributed by atoms with Gasteiger partial charge >= 0.3 is 0 Å². The number of halogens is 2. The van der Waals surface area contributed by atoms with Crippen LogP contribution in [0.5, 0.6) is 5.75 Å². The van der Waals surface area contributed by atoms with Crippen LogP contribution in [0.4, 0.5) is 0 Å². The maximum atomic E-state index is 12.3. The highest BCUT2D eigenvalue weighted by Gasteiger charge is 2.21. The Kier molecular flexibility index (Phi) is 6.79. The van der Waals surface area contributed by atoms with E-state index in [9.17, 15) is 4.79 Å². The van der Waals surface area contributed by atoms with Crippen LogP contribution in [0.2, 0.25) is 0 Å². The fourth-order valence-corrected chi connectivity index (χ4v) is 2.63. The van der Waals surface area contributed by atoms with E-state index in [1.165, 1.54) is 0 Å². The molecule has 1 N–H and O–H groups in total. The molecule has 0 unspecified atom stereocenters. The maximum absolute atomic E-state index is 12.3. The maximum Gasteiger partial charge on any atom is 0.227 e. The van der Waals surface area contributed by atoms with E-state index in [2.05, 4.69) is 28.2 Å². The summed E-state index contributed by atoms with van der Waals surface area (Å²) >= 11 is 3.49. The summed E-state index contributed by atoms with van der Waals surface area (Å²) in [6.45, 7) is 4.53. The van der Waals surface area contributed by atoms with Crippen molar-refractivity contribution < 1.29 is 9.53 Å². The van der Waals surface area contributed by atoms with E-state index in [-0.39, 0.29) is 18.3 Å². The lowest BCUT2D eigenvalue weighted by Crippen LogP contribution is -2.51. The van der Waals surface area contributed by atoms with Crippen LogP contribution in [-0.4, -0.2) is 43.6 Å². The van der Waals surface area contributed by atoms with Crippen LogP contribution in [0.3, 0.4) is 0 Å². The fraction of sp³-hybridized carbons (Fsp3) is 0.500. The summed E-state index contributed by atoms with van der Waals surface area (Å²) in [4.78, 5) is 14.2. The molecule has 0 radical (unpaired) electrons. The molecule has 1 heterocycles. The third kappa shape index (κ3) is 4.36. The Hall–Kier alpha value is -0.780. The zero-order chi connectivity index (χ0) is 13.8. The highest BCUT2D eigenvalue weighted by molar-refractivity contribution is 9.10. The SMILES string of the molecule is COc1ccc(Br)c(CC(=O)N2CCN[C@H](C)C2)c1.Cl. The molecule has 1 atom stereocenters. The van der Waals surface area contributed by atoms with Crippen molar-refractivity contribution in [3.63, 3.8) is 0 Å². The Morgan fingerprint density at radius 3 is 2.95 bits per heavy atom. The molecule has 6 heteroatoms. The highest BCUT2D eigenvalue weighted by Crippen LogP contribution is 2.23. The lowest BCUT2D eigenvalue weighted by Gasteiger charge is -2.32. The number of amides is 1. The normalized spacial score (nSPS) is 18.4. The third-order valence-electron chi connectivity index (χ3n) is 3.32. The van der Waals surface area contributed by atoms with Gasteiger partial charge in [-0.3, -0.25) is 4.79 Å². The summed E-state index contributed by atoms with van der Waals surface area (Å²) in [6.07, 6.45) is 0.407. The van der Waals surface area contributed by atoms with Crippen molar-refractivity contribution in [3.8, 4) is 5.75 Å². The van der Waals surface area contributed by atoms with Gasteiger partial charge in [-0.05, 0) is 30.7 Å². The number of nitrogens with one attached hydrogen (secondary N) is 1. The molecule has 1 aliphatic heterocycles. The van der Waals surface area contributed by atoms with E-state index in [4.69, 9.17) is 4.74 Å². The number of ether oxygens (including phenoxy) is 1. The minimum atomic E-state index is 0. The third-order valence-corrected chi connectivity index (χ3v) is 4.09. The van der Waals surface area contributed by atoms with E-state index in [0.717, 1.165) is 35.4 Å². The minimum absolute atomic E-state index is 0. The first-order chi connectivity index (χ1) is 9.10. The zero-order valence-corrected chi connectivity index (χ0v) is 14.1. The van der Waals surface area contributed by atoms with Crippen LogP contribution in [0.25, 0.3) is 0 Å². The van der Waals surface area contributed by atoms with Gasteiger partial charge in [-0.25, -0.2) is 0 Å². The molecule has 1 saturated heterocycles. The van der Waals surface area contributed by atoms with Crippen molar-refractivity contribution in [2.75, 3.05) is 26.7 Å². The lowest BCUT2D eigenvalue weighted by molar-refractivity contribution is -0.131. The van der Waals surface area contributed by atoms with Crippen molar-refractivity contribution >= 4 is 34.2 Å². The second kappa shape index (κ2) is 7.86. The van der Waals surface area contributed by atoms with Gasteiger partial charge in [0, 0.05) is 30.1 Å². The molecule has 0 aliphatic carbocycles. The van der Waals surface area contributed by atoms with Gasteiger partial charge in [0.05, 0.1) is 13.5 Å². The standard InChI is InChI=1S/C14H19BrN2O2.ClH/c1-10-9-17(6-5-16-10)14(18)8-11-7-12(19-2)3-4-13(11)15;/h3-4,7,10,16H,5-6,8-9H2,1-2H3;1H/t10-;/m1./s1. The predicted octanol–water partition coefficient (Wildman–Crippen LogP) is 2.24. The van der Waals surface area contributed by atoms with Gasteiger partial charge in [-0.15, -0.1) is 12.4 Å². The Morgan fingerprint density at radius 2 is 2.30 bits per heavy atom. The first kappa shape index (κ1) is 17.3. The molecule has 1 aliphatic rings. The largest absolute Gasteiger partial charge is 0.497 e. The molecule has 20 heavy (non-hydrogen) atoms. The molecule has 1 aromatic carbocycles. The fourth-order valence-electron chi connectivity index (χ4n) is 2.25. The van der Waals surface area contributed by atoms with Gasteiger partial charge in [0.2, 0.25) is 5.91 Å². The summed E-state index contributed by atoms with van der Waals surface area (Å²) in [6, 6.07) is 6.08. The van der Waals surface area contributed by atoms with Crippen molar-refractivity contribution in [1.29, 1.82) is 0 Å². The smallest absolute Gasteiger partial charge is 0.227 e. The molecule has 1 aromatic rings. The molecule has 0 aromatic heterocycles. The molecule has 0 saturated carbocycles. The predicted molar refractivity (Wildman–Crippen MR) is 85.7 cm³/mol. The number of rotatable bonds is 3. The van der Waals surface area contributed by atoms with Gasteiger partial charge in [0.25, 0.3) is 0 Å². The van der Waals surface area contributed by atoms with Gasteiger partial charge in [0.1, 0.15) is 5.75 Å². The summed E-state index contributed by atoms with van der Waals surface area (Å²) in [5, 5.41) is 3.34. The Bertz CT molecular complexity index is 470. The molecule has 0 spiro atoms. The number of hydrogen-bond donors (Lipinski definition) is 1. The van der Waals surface area contributed by atoms with Gasteiger partial charge in [-0.1, -0.05) is 15.9 Å². The molecular weight excluding hydrogens is 344 g/mol. The van der Waals surface area contributed by atoms with Gasteiger partial charge in [-0.2, -0.15) is 0 Å². The van der Waals surface area contributed by atoms with Crippen LogP contribution in [-0.2, 0) is 11.2 Å². The average Bonchev–Trinajstić information content (AvgIpc) is 2.41. The number of piperazine rings is 1. The minimum Gasteiger partial charge on any atom is -0.497 e. The summed E-state index contributed by atoms with van der Waals surface area (Å²) < 4.78 is 6.15. The number of methoxy groups -OCH3 is 1. The number of carbonyl (C=O) groups is 1. The van der Waals surface area contributed by atoms with E-state index >= 15 is 0 Å². The van der Waals surface area contributed by atoms with Crippen LogP contribution in [0.1, 0.15) is 12.5 Å². The monoisotopic (exact) mass is 362 g/mol. The quantitative estimate of drug-likeness (QED) is 0.895. The van der Waals surface area contributed by atoms with Gasteiger partial charge < -0.3 is 15.0 Å². The molecular formula is C14H20BrClN2O2. The molecule has 112 valence electrons.